The quantitative estimate of drug-likeness (QED) is 0.727. The first-order chi connectivity index (χ1) is 12.1. The number of imidazole rings is 1. The standard InChI is InChI=1S/C18H21N5O2/c1-4-12-6-8-13(9-7-12)22-10-11-23-14-15(19-17(22)23)20(3)18(25)21(5-2)16(14)24/h6-9H,4-5,10-11H2,1-3H3. The molecule has 0 N–H and O–H groups in total. The Bertz CT molecular complexity index is 1070. The van der Waals surface area contributed by atoms with Crippen LogP contribution in [-0.2, 0) is 26.6 Å². The van der Waals surface area contributed by atoms with E-state index < -0.39 is 0 Å². The van der Waals surface area contributed by atoms with E-state index in [0.717, 1.165) is 24.6 Å². The topological polar surface area (TPSA) is 65.1 Å². The Labute approximate surface area is 144 Å². The van der Waals surface area contributed by atoms with Gasteiger partial charge in [-0.25, -0.2) is 4.79 Å². The highest BCUT2D eigenvalue weighted by Gasteiger charge is 2.28. The summed E-state index contributed by atoms with van der Waals surface area (Å²) in [6.45, 7) is 5.72. The number of rotatable bonds is 3. The fraction of sp³-hybridized carbons (Fsp3) is 0.389. The minimum absolute atomic E-state index is 0.262. The summed E-state index contributed by atoms with van der Waals surface area (Å²) in [6, 6.07) is 8.38. The molecule has 3 heterocycles. The molecular formula is C18H21N5O2. The Morgan fingerprint density at radius 2 is 1.80 bits per heavy atom. The summed E-state index contributed by atoms with van der Waals surface area (Å²) < 4.78 is 4.65. The first-order valence-electron chi connectivity index (χ1n) is 8.63. The zero-order valence-electron chi connectivity index (χ0n) is 14.7. The molecule has 0 bridgehead atoms. The highest BCUT2D eigenvalue weighted by molar-refractivity contribution is 5.77. The van der Waals surface area contributed by atoms with Crippen LogP contribution in [0.1, 0.15) is 19.4 Å². The molecule has 0 radical (unpaired) electrons. The number of benzene rings is 1. The molecule has 1 aliphatic rings. The Balaban J connectivity index is 1.92. The van der Waals surface area contributed by atoms with Gasteiger partial charge >= 0.3 is 5.69 Å². The van der Waals surface area contributed by atoms with Gasteiger partial charge in [-0.2, -0.15) is 4.98 Å². The molecule has 1 aromatic carbocycles. The lowest BCUT2D eigenvalue weighted by atomic mass is 10.1. The van der Waals surface area contributed by atoms with Gasteiger partial charge in [0.25, 0.3) is 5.56 Å². The third-order valence-corrected chi connectivity index (χ3v) is 4.97. The number of fused-ring (bicyclic) bond motifs is 3. The first kappa shape index (κ1) is 15.7. The van der Waals surface area contributed by atoms with Gasteiger partial charge in [-0.05, 0) is 31.0 Å². The van der Waals surface area contributed by atoms with E-state index in [-0.39, 0.29) is 11.2 Å². The van der Waals surface area contributed by atoms with Crippen LogP contribution in [0.25, 0.3) is 11.2 Å². The number of hydrogen-bond acceptors (Lipinski definition) is 4. The van der Waals surface area contributed by atoms with E-state index in [4.69, 9.17) is 0 Å². The van der Waals surface area contributed by atoms with E-state index in [1.807, 2.05) is 4.57 Å². The molecule has 0 saturated carbocycles. The maximum atomic E-state index is 12.8. The van der Waals surface area contributed by atoms with Crippen LogP contribution in [0, 0.1) is 0 Å². The van der Waals surface area contributed by atoms with E-state index in [1.54, 1.807) is 14.0 Å². The van der Waals surface area contributed by atoms with Gasteiger partial charge in [0.2, 0.25) is 5.95 Å². The number of aryl methyl sites for hydroxylation is 2. The molecule has 7 nitrogen and oxygen atoms in total. The second kappa shape index (κ2) is 5.61. The van der Waals surface area contributed by atoms with Crippen molar-refractivity contribution in [1.82, 2.24) is 18.7 Å². The molecular weight excluding hydrogens is 318 g/mol. The van der Waals surface area contributed by atoms with Crippen LogP contribution in [0.15, 0.2) is 33.9 Å². The molecule has 0 amide bonds. The lowest BCUT2D eigenvalue weighted by Gasteiger charge is -2.16. The van der Waals surface area contributed by atoms with Gasteiger partial charge in [0.15, 0.2) is 11.2 Å². The van der Waals surface area contributed by atoms with Crippen LogP contribution in [0.2, 0.25) is 0 Å². The lowest BCUT2D eigenvalue weighted by molar-refractivity contribution is 0.633. The van der Waals surface area contributed by atoms with E-state index >= 15 is 0 Å². The van der Waals surface area contributed by atoms with Crippen molar-refractivity contribution in [3.05, 3.63) is 50.7 Å². The van der Waals surface area contributed by atoms with Crippen LogP contribution in [-0.4, -0.2) is 25.2 Å². The van der Waals surface area contributed by atoms with Gasteiger partial charge in [-0.15, -0.1) is 0 Å². The summed E-state index contributed by atoms with van der Waals surface area (Å²) in [5, 5.41) is 0. The van der Waals surface area contributed by atoms with Gasteiger partial charge < -0.3 is 9.47 Å². The van der Waals surface area contributed by atoms with Crippen molar-refractivity contribution in [3.63, 3.8) is 0 Å². The third-order valence-electron chi connectivity index (χ3n) is 4.97. The second-order valence-corrected chi connectivity index (χ2v) is 6.30. The SMILES string of the molecule is CCc1ccc(N2CCn3c2nc2c3c(=O)n(CC)c(=O)n2C)cc1. The van der Waals surface area contributed by atoms with Crippen molar-refractivity contribution >= 4 is 22.8 Å². The largest absolute Gasteiger partial charge is 0.332 e. The second-order valence-electron chi connectivity index (χ2n) is 6.30. The molecule has 3 aromatic rings. The van der Waals surface area contributed by atoms with E-state index in [0.29, 0.717) is 24.3 Å². The lowest BCUT2D eigenvalue weighted by Crippen LogP contribution is -2.39. The molecule has 0 fully saturated rings. The maximum Gasteiger partial charge on any atom is 0.332 e. The Kier molecular flexibility index (Phi) is 3.52. The monoisotopic (exact) mass is 339 g/mol. The normalized spacial score (nSPS) is 13.6. The summed E-state index contributed by atoms with van der Waals surface area (Å²) in [7, 11) is 1.67. The van der Waals surface area contributed by atoms with E-state index in [9.17, 15) is 9.59 Å². The molecule has 2 aromatic heterocycles. The molecule has 0 unspecified atom stereocenters. The molecule has 7 heteroatoms. The fourth-order valence-electron chi connectivity index (χ4n) is 3.51. The highest BCUT2D eigenvalue weighted by Crippen LogP contribution is 2.31. The van der Waals surface area contributed by atoms with Crippen molar-refractivity contribution in [2.45, 2.75) is 33.4 Å². The van der Waals surface area contributed by atoms with Gasteiger partial charge in [0.05, 0.1) is 0 Å². The summed E-state index contributed by atoms with van der Waals surface area (Å²) in [4.78, 5) is 31.8. The predicted octanol–water partition coefficient (Wildman–Crippen LogP) is 1.63. The fourth-order valence-corrected chi connectivity index (χ4v) is 3.51. The van der Waals surface area contributed by atoms with Gasteiger partial charge in [-0.3, -0.25) is 13.9 Å². The van der Waals surface area contributed by atoms with Gasteiger partial charge in [-0.1, -0.05) is 19.1 Å². The van der Waals surface area contributed by atoms with E-state index in [1.165, 1.54) is 14.7 Å². The third kappa shape index (κ3) is 2.15. The Morgan fingerprint density at radius 3 is 2.44 bits per heavy atom. The number of aromatic nitrogens is 4. The molecule has 1 aliphatic heterocycles. The molecule has 25 heavy (non-hydrogen) atoms. The van der Waals surface area contributed by atoms with Crippen LogP contribution in [0.5, 0.6) is 0 Å². The Hall–Kier alpha value is -2.83. The molecule has 0 aliphatic carbocycles. The summed E-state index contributed by atoms with van der Waals surface area (Å²) in [5.41, 5.74) is 2.70. The van der Waals surface area contributed by atoms with Crippen molar-refractivity contribution in [3.8, 4) is 0 Å². The van der Waals surface area contributed by atoms with Gasteiger partial charge in [0, 0.05) is 32.4 Å². The number of anilines is 2. The van der Waals surface area contributed by atoms with Crippen LogP contribution in [0.4, 0.5) is 11.6 Å². The average molecular weight is 339 g/mol. The average Bonchev–Trinajstić information content (AvgIpc) is 3.19. The zero-order chi connectivity index (χ0) is 17.7. The van der Waals surface area contributed by atoms with Crippen LogP contribution in [0.3, 0.4) is 0 Å². The maximum absolute atomic E-state index is 12.8. The molecule has 0 atom stereocenters. The molecule has 4 rings (SSSR count). The van der Waals surface area contributed by atoms with Crippen molar-refractivity contribution < 1.29 is 0 Å². The van der Waals surface area contributed by atoms with Crippen molar-refractivity contribution in [2.24, 2.45) is 7.05 Å². The molecule has 130 valence electrons. The summed E-state index contributed by atoms with van der Waals surface area (Å²) >= 11 is 0. The minimum Gasteiger partial charge on any atom is -0.310 e. The number of hydrogen-bond donors (Lipinski definition) is 0. The van der Waals surface area contributed by atoms with Crippen molar-refractivity contribution in [2.75, 3.05) is 11.4 Å². The minimum atomic E-state index is -0.323. The smallest absolute Gasteiger partial charge is 0.310 e. The van der Waals surface area contributed by atoms with Crippen LogP contribution < -0.4 is 16.1 Å². The Morgan fingerprint density at radius 1 is 1.08 bits per heavy atom. The van der Waals surface area contributed by atoms with E-state index in [2.05, 4.69) is 41.1 Å². The first-order valence-corrected chi connectivity index (χ1v) is 8.63. The zero-order valence-corrected chi connectivity index (χ0v) is 14.7. The van der Waals surface area contributed by atoms with Crippen LogP contribution >= 0.6 is 0 Å². The molecule has 0 spiro atoms. The summed E-state index contributed by atoms with van der Waals surface area (Å²) in [5.74, 6) is 0.722. The van der Waals surface area contributed by atoms with Gasteiger partial charge in [0.1, 0.15) is 0 Å². The molecule has 0 saturated heterocycles. The number of nitrogens with zero attached hydrogens (tertiary/aromatic N) is 5. The highest BCUT2D eigenvalue weighted by atomic mass is 16.2. The predicted molar refractivity (Wildman–Crippen MR) is 97.7 cm³/mol. The summed E-state index contributed by atoms with van der Waals surface area (Å²) in [6.07, 6.45) is 0.997. The van der Waals surface area contributed by atoms with Crippen molar-refractivity contribution in [1.29, 1.82) is 0 Å².